The number of carbonyl (C=O) groups excluding carboxylic acids is 3. The molecule has 0 fully saturated rings. The Bertz CT molecular complexity index is 1270. The van der Waals surface area contributed by atoms with Crippen LogP contribution in [0.15, 0.2) is 122 Å². The van der Waals surface area contributed by atoms with Crippen LogP contribution >= 0.6 is 0 Å². The molecule has 1 unspecified atom stereocenters. The molecule has 6 nitrogen and oxygen atoms in total. The number of allylic oxidation sites excluding steroid dienone is 20. The van der Waals surface area contributed by atoms with Crippen molar-refractivity contribution in [3.8, 4) is 0 Å². The van der Waals surface area contributed by atoms with Gasteiger partial charge in [-0.3, -0.25) is 14.4 Å². The Morgan fingerprint density at radius 1 is 0.368 bits per heavy atom. The third kappa shape index (κ3) is 42.8. The fourth-order valence-electron chi connectivity index (χ4n) is 5.18. The van der Waals surface area contributed by atoms with Crippen molar-refractivity contribution in [1.82, 2.24) is 0 Å². The largest absolute Gasteiger partial charge is 0.462 e. The van der Waals surface area contributed by atoms with Gasteiger partial charge in [0.25, 0.3) is 0 Å². The molecule has 0 saturated heterocycles. The molecule has 57 heavy (non-hydrogen) atoms. The van der Waals surface area contributed by atoms with Crippen LogP contribution in [0.1, 0.15) is 162 Å². The Labute approximate surface area is 348 Å². The molecule has 0 radical (unpaired) electrons. The van der Waals surface area contributed by atoms with E-state index in [2.05, 4.69) is 142 Å². The minimum absolute atomic E-state index is 0.146. The number of unbranched alkanes of at least 4 members (excludes halogenated alkanes) is 6. The number of esters is 3. The van der Waals surface area contributed by atoms with E-state index in [1.807, 2.05) is 0 Å². The third-order valence-corrected chi connectivity index (χ3v) is 8.43. The zero-order valence-corrected chi connectivity index (χ0v) is 36.0. The van der Waals surface area contributed by atoms with Crippen molar-refractivity contribution in [3.05, 3.63) is 122 Å². The first-order chi connectivity index (χ1) is 28.0. The minimum Gasteiger partial charge on any atom is -0.462 e. The molecular formula is C51H78O6. The van der Waals surface area contributed by atoms with Crippen molar-refractivity contribution in [2.24, 2.45) is 0 Å². The Morgan fingerprint density at radius 3 is 1.00 bits per heavy atom. The normalized spacial score (nSPS) is 13.2. The van der Waals surface area contributed by atoms with Gasteiger partial charge in [-0.15, -0.1) is 0 Å². The van der Waals surface area contributed by atoms with Crippen LogP contribution in [0.4, 0.5) is 0 Å². The standard InChI is InChI=1S/C51H78O6/c1-4-7-10-13-16-19-22-23-24-25-26-27-30-32-35-38-41-44-50(53)56-47-48(57-51(54)45-42-39-36-33-29-21-18-15-12-9-6-3)46-55-49(52)43-40-37-34-31-28-20-17-14-11-8-5-2/h8-9,11-12,16-21,23-24,26-27,31-36,48H,4-7,10,13-15,22,25,28-30,37-47H2,1-3H3/b11-8-,12-9-,19-16-,20-17-,21-18-,24-23-,27-26-,34-31-,35-32-,36-33-. The smallest absolute Gasteiger partial charge is 0.306 e. The summed E-state index contributed by atoms with van der Waals surface area (Å²) >= 11 is 0. The van der Waals surface area contributed by atoms with E-state index in [-0.39, 0.29) is 44.4 Å². The molecule has 0 rings (SSSR count). The molecule has 318 valence electrons. The van der Waals surface area contributed by atoms with E-state index in [1.54, 1.807) is 0 Å². The fourth-order valence-corrected chi connectivity index (χ4v) is 5.18. The lowest BCUT2D eigenvalue weighted by molar-refractivity contribution is -0.166. The Balaban J connectivity index is 4.60. The lowest BCUT2D eigenvalue weighted by atomic mass is 10.2. The molecule has 1 atom stereocenters. The summed E-state index contributed by atoms with van der Waals surface area (Å²) in [6, 6.07) is 0. The van der Waals surface area contributed by atoms with Gasteiger partial charge in [0, 0.05) is 19.3 Å². The van der Waals surface area contributed by atoms with E-state index in [4.69, 9.17) is 14.2 Å². The first-order valence-corrected chi connectivity index (χ1v) is 22.0. The molecule has 6 heteroatoms. The minimum atomic E-state index is -0.847. The van der Waals surface area contributed by atoms with E-state index in [0.29, 0.717) is 19.3 Å². The van der Waals surface area contributed by atoms with Crippen molar-refractivity contribution in [2.75, 3.05) is 13.2 Å². The number of carbonyl (C=O) groups is 3. The molecule has 0 aromatic carbocycles. The molecule has 0 bridgehead atoms. The Morgan fingerprint density at radius 2 is 0.667 bits per heavy atom. The lowest BCUT2D eigenvalue weighted by Crippen LogP contribution is -2.30. The molecule has 0 N–H and O–H groups in total. The zero-order valence-electron chi connectivity index (χ0n) is 36.0. The average molecular weight is 787 g/mol. The van der Waals surface area contributed by atoms with Crippen molar-refractivity contribution < 1.29 is 28.6 Å². The quantitative estimate of drug-likeness (QED) is 0.0270. The van der Waals surface area contributed by atoms with Gasteiger partial charge < -0.3 is 14.2 Å². The second-order valence-electron chi connectivity index (χ2n) is 13.8. The molecule has 0 aliphatic heterocycles. The van der Waals surface area contributed by atoms with E-state index in [1.165, 1.54) is 25.7 Å². The molecule has 0 aromatic heterocycles. The predicted octanol–water partition coefficient (Wildman–Crippen LogP) is 14.2. The summed E-state index contributed by atoms with van der Waals surface area (Å²) in [6.07, 6.45) is 60.7. The summed E-state index contributed by atoms with van der Waals surface area (Å²) in [4.78, 5) is 37.6. The first kappa shape index (κ1) is 52.8. The van der Waals surface area contributed by atoms with Crippen LogP contribution in [0, 0.1) is 0 Å². The molecule has 0 spiro atoms. The van der Waals surface area contributed by atoms with Gasteiger partial charge in [0.15, 0.2) is 6.10 Å². The summed E-state index contributed by atoms with van der Waals surface area (Å²) < 4.78 is 16.5. The summed E-state index contributed by atoms with van der Waals surface area (Å²) in [5.41, 5.74) is 0. The van der Waals surface area contributed by atoms with Crippen molar-refractivity contribution >= 4 is 17.9 Å². The fraction of sp³-hybridized carbons (Fsp3) is 0.549. The summed E-state index contributed by atoms with van der Waals surface area (Å²) in [7, 11) is 0. The number of rotatable bonds is 37. The number of hydrogen-bond acceptors (Lipinski definition) is 6. The highest BCUT2D eigenvalue weighted by molar-refractivity contribution is 5.71. The van der Waals surface area contributed by atoms with E-state index in [9.17, 15) is 14.4 Å². The second kappa shape index (κ2) is 44.5. The highest BCUT2D eigenvalue weighted by Crippen LogP contribution is 2.08. The maximum absolute atomic E-state index is 12.7. The van der Waals surface area contributed by atoms with Gasteiger partial charge in [-0.1, -0.05) is 155 Å². The van der Waals surface area contributed by atoms with Crippen LogP contribution < -0.4 is 0 Å². The van der Waals surface area contributed by atoms with Crippen molar-refractivity contribution in [3.63, 3.8) is 0 Å². The van der Waals surface area contributed by atoms with Crippen molar-refractivity contribution in [2.45, 2.75) is 168 Å². The summed E-state index contributed by atoms with van der Waals surface area (Å²) in [5, 5.41) is 0. The zero-order chi connectivity index (χ0) is 41.5. The number of ether oxygens (including phenoxy) is 3. The Hall–Kier alpha value is -4.19. The summed E-state index contributed by atoms with van der Waals surface area (Å²) in [6.45, 7) is 6.18. The second-order valence-corrected chi connectivity index (χ2v) is 13.8. The van der Waals surface area contributed by atoms with E-state index < -0.39 is 12.1 Å². The molecule has 0 aromatic rings. The van der Waals surface area contributed by atoms with Crippen LogP contribution in [0.5, 0.6) is 0 Å². The van der Waals surface area contributed by atoms with Gasteiger partial charge in [-0.2, -0.15) is 0 Å². The molecule has 0 aliphatic carbocycles. The topological polar surface area (TPSA) is 78.9 Å². The molecule has 0 saturated carbocycles. The molecule has 0 heterocycles. The van der Waals surface area contributed by atoms with Crippen LogP contribution in [0.2, 0.25) is 0 Å². The average Bonchev–Trinajstić information content (AvgIpc) is 3.21. The lowest BCUT2D eigenvalue weighted by Gasteiger charge is -2.18. The van der Waals surface area contributed by atoms with Gasteiger partial charge in [0.1, 0.15) is 13.2 Å². The monoisotopic (exact) mass is 787 g/mol. The number of hydrogen-bond donors (Lipinski definition) is 0. The SMILES string of the molecule is CC/C=C\C/C=C\C/C=C\CCCC(=O)OCC(COC(=O)CCC/C=C\C/C=C\C/C=C\C/C=C\CCCCC)OC(=O)CCC/C=C\C/C=C\C/C=C\CC. The van der Waals surface area contributed by atoms with Crippen LogP contribution in [-0.2, 0) is 28.6 Å². The first-order valence-electron chi connectivity index (χ1n) is 22.0. The van der Waals surface area contributed by atoms with E-state index >= 15 is 0 Å². The summed E-state index contributed by atoms with van der Waals surface area (Å²) in [5.74, 6) is -1.12. The maximum atomic E-state index is 12.7. The molecular weight excluding hydrogens is 709 g/mol. The highest BCUT2D eigenvalue weighted by Gasteiger charge is 2.19. The highest BCUT2D eigenvalue weighted by atomic mass is 16.6. The third-order valence-electron chi connectivity index (χ3n) is 8.43. The van der Waals surface area contributed by atoms with Crippen molar-refractivity contribution in [1.29, 1.82) is 0 Å². The van der Waals surface area contributed by atoms with Gasteiger partial charge in [0.2, 0.25) is 0 Å². The van der Waals surface area contributed by atoms with E-state index in [0.717, 1.165) is 77.0 Å². The molecule has 0 aliphatic rings. The predicted molar refractivity (Wildman–Crippen MR) is 242 cm³/mol. The Kier molecular flexibility index (Phi) is 41.3. The van der Waals surface area contributed by atoms with Gasteiger partial charge in [-0.25, -0.2) is 0 Å². The molecule has 0 amide bonds. The van der Waals surface area contributed by atoms with Crippen LogP contribution in [-0.4, -0.2) is 37.2 Å². The van der Waals surface area contributed by atoms with Gasteiger partial charge in [0.05, 0.1) is 0 Å². The maximum Gasteiger partial charge on any atom is 0.306 e. The van der Waals surface area contributed by atoms with Crippen LogP contribution in [0.3, 0.4) is 0 Å². The van der Waals surface area contributed by atoms with Crippen LogP contribution in [0.25, 0.3) is 0 Å². The van der Waals surface area contributed by atoms with Gasteiger partial charge in [-0.05, 0) is 109 Å². The van der Waals surface area contributed by atoms with Gasteiger partial charge >= 0.3 is 17.9 Å².